The van der Waals surface area contributed by atoms with Crippen LogP contribution in [-0.2, 0) is 0 Å². The molecule has 0 aliphatic rings. The van der Waals surface area contributed by atoms with Crippen LogP contribution in [0.2, 0.25) is 0 Å². The fourth-order valence-corrected chi connectivity index (χ4v) is 3.49. The first-order valence-electron chi connectivity index (χ1n) is 11.2. The van der Waals surface area contributed by atoms with E-state index in [0.29, 0.717) is 40.7 Å². The summed E-state index contributed by atoms with van der Waals surface area (Å²) >= 11 is 0. The van der Waals surface area contributed by atoms with E-state index in [1.54, 1.807) is 42.5 Å². The van der Waals surface area contributed by atoms with E-state index in [0.717, 1.165) is 4.68 Å². The van der Waals surface area contributed by atoms with Gasteiger partial charge in [-0.05, 0) is 55.0 Å². The number of anilines is 1. The molecular formula is C24H26N8O4. The molecule has 0 aliphatic carbocycles. The van der Waals surface area contributed by atoms with Gasteiger partial charge in [0.25, 0.3) is 5.95 Å². The average Bonchev–Trinajstić information content (AvgIpc) is 3.28. The van der Waals surface area contributed by atoms with E-state index in [1.165, 1.54) is 12.4 Å². The summed E-state index contributed by atoms with van der Waals surface area (Å²) in [7, 11) is 0. The van der Waals surface area contributed by atoms with Crippen molar-refractivity contribution in [3.05, 3.63) is 88.4 Å². The number of amidine groups is 1. The number of rotatable bonds is 11. The van der Waals surface area contributed by atoms with Crippen LogP contribution in [0.1, 0.15) is 29.9 Å². The topological polar surface area (TPSA) is 177 Å². The molecule has 0 radical (unpaired) electrons. The summed E-state index contributed by atoms with van der Waals surface area (Å²) < 4.78 is 12.4. The zero-order valence-electron chi connectivity index (χ0n) is 19.5. The fourth-order valence-electron chi connectivity index (χ4n) is 3.49. The van der Waals surface area contributed by atoms with Crippen LogP contribution in [0.3, 0.4) is 0 Å². The van der Waals surface area contributed by atoms with Crippen LogP contribution in [-0.4, -0.2) is 55.5 Å². The Morgan fingerprint density at radius 2 is 1.86 bits per heavy atom. The number of nitrogens with two attached hydrogens (primary N) is 1. The van der Waals surface area contributed by atoms with Gasteiger partial charge in [0.1, 0.15) is 30.0 Å². The lowest BCUT2D eigenvalue weighted by Gasteiger charge is -2.20. The molecule has 0 unspecified atom stereocenters. The predicted octanol–water partition coefficient (Wildman–Crippen LogP) is 1.61. The number of benzene rings is 2. The second-order valence-electron chi connectivity index (χ2n) is 7.59. The monoisotopic (exact) mass is 490 g/mol. The molecule has 2 aromatic heterocycles. The zero-order valence-corrected chi connectivity index (χ0v) is 19.5. The smallest absolute Gasteiger partial charge is 0.350 e. The molecule has 4 aromatic rings. The predicted molar refractivity (Wildman–Crippen MR) is 133 cm³/mol. The van der Waals surface area contributed by atoms with E-state index in [2.05, 4.69) is 25.4 Å². The minimum absolute atomic E-state index is 0.0425. The number of H-pyrrole nitrogens is 1. The lowest BCUT2D eigenvalue weighted by atomic mass is 10.0. The van der Waals surface area contributed by atoms with Crippen LogP contribution in [0.15, 0.2) is 65.7 Å². The second-order valence-corrected chi connectivity index (χ2v) is 7.59. The largest absolute Gasteiger partial charge is 0.494 e. The Labute approximate surface area is 206 Å². The number of nitrogens with one attached hydrogen (secondary N) is 3. The quantitative estimate of drug-likeness (QED) is 0.154. The number of ether oxygens (including phenoxy) is 2. The van der Waals surface area contributed by atoms with Gasteiger partial charge in [0.05, 0.1) is 13.2 Å². The van der Waals surface area contributed by atoms with Crippen molar-refractivity contribution < 1.29 is 14.6 Å². The number of hydrogen-bond donors (Lipinski definition) is 5. The standard InChI is InChI=1S/C24H26N8O4/c1-2-35-18-12-16(13-19(14-18)36-11-10-33)20(29-17-6-4-15(5-7-17)21(25)26)22-30-24(34)32(31-22)23-27-8-3-9-28-23/h3-9,12-14,20,29,33H,2,10-11H2,1H3,(H3,25,26)(H,30,31,34)/t20-/m0/s1. The minimum atomic E-state index is -0.650. The third-order valence-corrected chi connectivity index (χ3v) is 5.06. The Morgan fingerprint density at radius 3 is 2.50 bits per heavy atom. The lowest BCUT2D eigenvalue weighted by Crippen LogP contribution is -2.18. The Balaban J connectivity index is 1.79. The number of aliphatic hydroxyl groups excluding tert-OH is 1. The Bertz CT molecular complexity index is 1370. The van der Waals surface area contributed by atoms with Crippen molar-refractivity contribution >= 4 is 11.5 Å². The summed E-state index contributed by atoms with van der Waals surface area (Å²) in [6, 6.07) is 13.3. The van der Waals surface area contributed by atoms with E-state index < -0.39 is 11.7 Å². The van der Waals surface area contributed by atoms with Crippen molar-refractivity contribution in [1.82, 2.24) is 24.7 Å². The Hall–Kier alpha value is -4.71. The van der Waals surface area contributed by atoms with Crippen LogP contribution in [0, 0.1) is 5.41 Å². The molecule has 1 atom stereocenters. The lowest BCUT2D eigenvalue weighted by molar-refractivity contribution is 0.200. The highest BCUT2D eigenvalue weighted by molar-refractivity contribution is 5.95. The van der Waals surface area contributed by atoms with Crippen molar-refractivity contribution in [2.45, 2.75) is 13.0 Å². The van der Waals surface area contributed by atoms with Crippen LogP contribution < -0.4 is 26.2 Å². The first-order valence-corrected chi connectivity index (χ1v) is 11.2. The summed E-state index contributed by atoms with van der Waals surface area (Å²) in [5, 5.41) is 24.6. The molecule has 6 N–H and O–H groups in total. The Kier molecular flexibility index (Phi) is 7.56. The van der Waals surface area contributed by atoms with Crippen LogP contribution in [0.5, 0.6) is 11.5 Å². The maximum Gasteiger partial charge on any atom is 0.350 e. The molecule has 0 bridgehead atoms. The molecule has 36 heavy (non-hydrogen) atoms. The SMILES string of the molecule is CCOc1cc(OCCO)cc([C@H](Nc2ccc(C(=N)N)cc2)c2nn(-c3ncccn3)c(=O)[nH]2)c1. The molecule has 12 heteroatoms. The number of aromatic nitrogens is 5. The van der Waals surface area contributed by atoms with Gasteiger partial charge in [-0.3, -0.25) is 10.4 Å². The van der Waals surface area contributed by atoms with Crippen LogP contribution in [0.4, 0.5) is 5.69 Å². The van der Waals surface area contributed by atoms with Gasteiger partial charge in [0.2, 0.25) is 0 Å². The van der Waals surface area contributed by atoms with Gasteiger partial charge in [-0.1, -0.05) is 0 Å². The number of nitrogens with zero attached hydrogens (tertiary/aromatic N) is 4. The summed E-state index contributed by atoms with van der Waals surface area (Å²) in [5.41, 5.74) is 7.02. The summed E-state index contributed by atoms with van der Waals surface area (Å²) in [6.07, 6.45) is 3.04. The number of aromatic amines is 1. The van der Waals surface area contributed by atoms with Crippen molar-refractivity contribution in [2.75, 3.05) is 25.1 Å². The van der Waals surface area contributed by atoms with Gasteiger partial charge in [-0.15, -0.1) is 9.78 Å². The molecule has 0 aliphatic heterocycles. The second kappa shape index (κ2) is 11.1. The van der Waals surface area contributed by atoms with Crippen LogP contribution >= 0.6 is 0 Å². The molecular weight excluding hydrogens is 464 g/mol. The van der Waals surface area contributed by atoms with Crippen molar-refractivity contribution in [3.8, 4) is 17.4 Å². The van der Waals surface area contributed by atoms with E-state index in [9.17, 15) is 9.90 Å². The maximum atomic E-state index is 12.7. The van der Waals surface area contributed by atoms with E-state index in [-0.39, 0.29) is 25.0 Å². The van der Waals surface area contributed by atoms with Crippen molar-refractivity contribution in [2.24, 2.45) is 5.73 Å². The van der Waals surface area contributed by atoms with Crippen molar-refractivity contribution in [3.63, 3.8) is 0 Å². The summed E-state index contributed by atoms with van der Waals surface area (Å²) in [5.74, 6) is 1.42. The summed E-state index contributed by atoms with van der Waals surface area (Å²) in [4.78, 5) is 23.7. The number of aliphatic hydroxyl groups is 1. The molecule has 4 rings (SSSR count). The van der Waals surface area contributed by atoms with Crippen LogP contribution in [0.25, 0.3) is 5.95 Å². The highest BCUT2D eigenvalue weighted by Gasteiger charge is 2.23. The molecule has 0 saturated heterocycles. The zero-order chi connectivity index (χ0) is 25.5. The molecule has 0 fully saturated rings. The van der Waals surface area contributed by atoms with E-state index >= 15 is 0 Å². The molecule has 12 nitrogen and oxygen atoms in total. The highest BCUT2D eigenvalue weighted by atomic mass is 16.5. The normalized spacial score (nSPS) is 11.6. The van der Waals surface area contributed by atoms with Gasteiger partial charge < -0.3 is 25.6 Å². The van der Waals surface area contributed by atoms with Gasteiger partial charge >= 0.3 is 5.69 Å². The maximum absolute atomic E-state index is 12.7. The third kappa shape index (κ3) is 5.67. The number of nitrogen functional groups attached to an aromatic ring is 1. The van der Waals surface area contributed by atoms with Gasteiger partial charge in [-0.2, -0.15) is 0 Å². The third-order valence-electron chi connectivity index (χ3n) is 5.06. The summed E-state index contributed by atoms with van der Waals surface area (Å²) in [6.45, 7) is 2.26. The minimum Gasteiger partial charge on any atom is -0.494 e. The van der Waals surface area contributed by atoms with E-state index in [4.69, 9.17) is 20.6 Å². The molecule has 2 aromatic carbocycles. The Morgan fingerprint density at radius 1 is 1.17 bits per heavy atom. The molecule has 0 spiro atoms. The van der Waals surface area contributed by atoms with Crippen molar-refractivity contribution in [1.29, 1.82) is 5.41 Å². The van der Waals surface area contributed by atoms with Gasteiger partial charge in [0.15, 0.2) is 5.82 Å². The highest BCUT2D eigenvalue weighted by Crippen LogP contribution is 2.31. The molecule has 0 amide bonds. The van der Waals surface area contributed by atoms with Gasteiger partial charge in [-0.25, -0.2) is 14.8 Å². The van der Waals surface area contributed by atoms with Gasteiger partial charge in [0, 0.05) is 29.7 Å². The average molecular weight is 491 g/mol. The molecule has 186 valence electrons. The fraction of sp³-hybridized carbons (Fsp3) is 0.208. The van der Waals surface area contributed by atoms with E-state index in [1.807, 2.05) is 13.0 Å². The molecule has 0 saturated carbocycles. The first kappa shape index (κ1) is 24.4. The molecule has 2 heterocycles. The number of hydrogen-bond acceptors (Lipinski definition) is 9. The first-order chi connectivity index (χ1) is 17.5.